The van der Waals surface area contributed by atoms with Crippen molar-refractivity contribution in [1.29, 1.82) is 0 Å². The van der Waals surface area contributed by atoms with Gasteiger partial charge in [-0.05, 0) is 54.9 Å². The van der Waals surface area contributed by atoms with Crippen molar-refractivity contribution in [3.8, 4) is 5.75 Å². The van der Waals surface area contributed by atoms with E-state index in [-0.39, 0.29) is 5.82 Å². The summed E-state index contributed by atoms with van der Waals surface area (Å²) in [6.07, 6.45) is 1.69. The molecule has 2 N–H and O–H groups in total. The fraction of sp³-hybridized carbons (Fsp3) is 0.250. The summed E-state index contributed by atoms with van der Waals surface area (Å²) in [6.45, 7) is 1.44. The highest BCUT2D eigenvalue weighted by atomic mass is 32.1. The van der Waals surface area contributed by atoms with E-state index in [0.29, 0.717) is 6.54 Å². The van der Waals surface area contributed by atoms with E-state index in [1.807, 2.05) is 12.1 Å². The van der Waals surface area contributed by atoms with Crippen molar-refractivity contribution in [2.24, 2.45) is 10.7 Å². The molecule has 136 valence electrons. The van der Waals surface area contributed by atoms with Crippen LogP contribution in [0.15, 0.2) is 58.9 Å². The van der Waals surface area contributed by atoms with Crippen molar-refractivity contribution < 1.29 is 9.13 Å². The summed E-state index contributed by atoms with van der Waals surface area (Å²) in [5.74, 6) is 0.591. The lowest BCUT2D eigenvalue weighted by Crippen LogP contribution is -2.19. The average Bonchev–Trinajstić information content (AvgIpc) is 3.03. The van der Waals surface area contributed by atoms with Gasteiger partial charge >= 0.3 is 0 Å². The molecule has 2 aromatic carbocycles. The minimum Gasteiger partial charge on any atom is -0.497 e. The van der Waals surface area contributed by atoms with Crippen molar-refractivity contribution in [2.45, 2.75) is 19.4 Å². The smallest absolute Gasteiger partial charge is 0.190 e. The number of ether oxygens (including phenoxy) is 1. The zero-order valence-electron chi connectivity index (χ0n) is 14.7. The largest absolute Gasteiger partial charge is 0.497 e. The van der Waals surface area contributed by atoms with E-state index in [1.54, 1.807) is 30.6 Å². The van der Waals surface area contributed by atoms with Crippen LogP contribution in [-0.4, -0.2) is 18.2 Å². The van der Waals surface area contributed by atoms with E-state index in [9.17, 15) is 4.39 Å². The van der Waals surface area contributed by atoms with Gasteiger partial charge in [-0.25, -0.2) is 9.38 Å². The number of nitrogens with two attached hydrogens (primary N) is 1. The summed E-state index contributed by atoms with van der Waals surface area (Å²) in [5, 5.41) is 2.13. The molecule has 0 radical (unpaired) electrons. The van der Waals surface area contributed by atoms with Gasteiger partial charge in [-0.3, -0.25) is 0 Å². The molecule has 6 heteroatoms. The fourth-order valence-electron chi connectivity index (χ4n) is 2.66. The molecule has 0 aliphatic heterocycles. The Morgan fingerprint density at radius 1 is 1.12 bits per heavy atom. The van der Waals surface area contributed by atoms with Crippen molar-refractivity contribution in [3.05, 3.63) is 75.8 Å². The molecule has 3 aromatic rings. The molecule has 0 atom stereocenters. The summed E-state index contributed by atoms with van der Waals surface area (Å²) in [4.78, 5) is 5.58. The van der Waals surface area contributed by atoms with E-state index in [2.05, 4.69) is 27.1 Å². The predicted molar refractivity (Wildman–Crippen MR) is 103 cm³/mol. The normalized spacial score (nSPS) is 11.7. The van der Waals surface area contributed by atoms with E-state index in [4.69, 9.17) is 10.5 Å². The van der Waals surface area contributed by atoms with Crippen molar-refractivity contribution in [1.82, 2.24) is 4.57 Å². The standard InChI is InChI=1S/C20H22FN3OS/c1-25-19-9-3-15(4-10-19)13-18-14-26-20(24(18)12-2-11-22)23-17-7-5-16(21)6-8-17/h3-10,14H,2,11-13,22H2,1H3/b23-20-. The molecule has 0 saturated carbocycles. The summed E-state index contributed by atoms with van der Waals surface area (Å²) in [7, 11) is 1.66. The first-order valence-corrected chi connectivity index (χ1v) is 9.38. The zero-order chi connectivity index (χ0) is 18.4. The van der Waals surface area contributed by atoms with Crippen LogP contribution in [0.2, 0.25) is 0 Å². The number of nitrogens with zero attached hydrogens (tertiary/aromatic N) is 2. The van der Waals surface area contributed by atoms with Crippen LogP contribution in [0.1, 0.15) is 17.7 Å². The van der Waals surface area contributed by atoms with Crippen LogP contribution < -0.4 is 15.3 Å². The number of thiazole rings is 1. The minimum absolute atomic E-state index is 0.258. The lowest BCUT2D eigenvalue weighted by atomic mass is 10.1. The van der Waals surface area contributed by atoms with Gasteiger partial charge in [0.15, 0.2) is 4.80 Å². The SMILES string of the molecule is COc1ccc(Cc2cs/c(=N\c3ccc(F)cc3)n2CCCN)cc1. The Morgan fingerprint density at radius 2 is 1.85 bits per heavy atom. The monoisotopic (exact) mass is 371 g/mol. The molecular weight excluding hydrogens is 349 g/mol. The lowest BCUT2D eigenvalue weighted by Gasteiger charge is -2.09. The third-order valence-corrected chi connectivity index (χ3v) is 4.97. The van der Waals surface area contributed by atoms with Crippen molar-refractivity contribution in [3.63, 3.8) is 0 Å². The molecule has 4 nitrogen and oxygen atoms in total. The molecule has 0 amide bonds. The quantitative estimate of drug-likeness (QED) is 0.685. The van der Waals surface area contributed by atoms with Crippen LogP contribution in [0, 0.1) is 5.82 Å². The van der Waals surface area contributed by atoms with Crippen LogP contribution in [0.3, 0.4) is 0 Å². The molecule has 0 fully saturated rings. The van der Waals surface area contributed by atoms with Crippen molar-refractivity contribution >= 4 is 17.0 Å². The number of aromatic nitrogens is 1. The van der Waals surface area contributed by atoms with Crippen LogP contribution in [-0.2, 0) is 13.0 Å². The van der Waals surface area contributed by atoms with Gasteiger partial charge in [0.1, 0.15) is 11.6 Å². The molecule has 0 bridgehead atoms. The molecule has 0 spiro atoms. The zero-order valence-corrected chi connectivity index (χ0v) is 15.5. The van der Waals surface area contributed by atoms with Crippen LogP contribution in [0.25, 0.3) is 0 Å². The maximum absolute atomic E-state index is 13.1. The Hall–Kier alpha value is -2.44. The first kappa shape index (κ1) is 18.4. The summed E-state index contributed by atoms with van der Waals surface area (Å²) < 4.78 is 20.5. The summed E-state index contributed by atoms with van der Waals surface area (Å²) >= 11 is 1.59. The highest BCUT2D eigenvalue weighted by molar-refractivity contribution is 7.07. The molecule has 0 aliphatic carbocycles. The highest BCUT2D eigenvalue weighted by Gasteiger charge is 2.07. The second-order valence-corrected chi connectivity index (χ2v) is 6.75. The minimum atomic E-state index is -0.258. The topological polar surface area (TPSA) is 52.5 Å². The average molecular weight is 371 g/mol. The van der Waals surface area contributed by atoms with E-state index < -0.39 is 0 Å². The van der Waals surface area contributed by atoms with Gasteiger partial charge in [0.2, 0.25) is 0 Å². The first-order valence-electron chi connectivity index (χ1n) is 8.50. The van der Waals surface area contributed by atoms with E-state index in [0.717, 1.165) is 35.6 Å². The number of halogens is 1. The Kier molecular flexibility index (Phi) is 6.20. The maximum Gasteiger partial charge on any atom is 0.190 e. The number of hydrogen-bond donors (Lipinski definition) is 1. The molecule has 1 heterocycles. The fourth-order valence-corrected chi connectivity index (χ4v) is 3.61. The van der Waals surface area contributed by atoms with Crippen molar-refractivity contribution in [2.75, 3.05) is 13.7 Å². The second-order valence-electron chi connectivity index (χ2n) is 5.92. The second kappa shape index (κ2) is 8.78. The number of hydrogen-bond acceptors (Lipinski definition) is 4. The molecule has 1 aromatic heterocycles. The Labute approximate surface area is 156 Å². The van der Waals surface area contributed by atoms with Crippen LogP contribution >= 0.6 is 11.3 Å². The van der Waals surface area contributed by atoms with E-state index >= 15 is 0 Å². The number of benzene rings is 2. The Morgan fingerprint density at radius 3 is 2.50 bits per heavy atom. The highest BCUT2D eigenvalue weighted by Crippen LogP contribution is 2.17. The van der Waals surface area contributed by atoms with Crippen LogP contribution in [0.4, 0.5) is 10.1 Å². The Balaban J connectivity index is 1.91. The van der Waals surface area contributed by atoms with Crippen LogP contribution in [0.5, 0.6) is 5.75 Å². The molecular formula is C20H22FN3OS. The summed E-state index contributed by atoms with van der Waals surface area (Å²) in [5.41, 5.74) is 8.84. The molecule has 26 heavy (non-hydrogen) atoms. The third-order valence-electron chi connectivity index (χ3n) is 4.06. The third kappa shape index (κ3) is 4.59. The molecule has 3 rings (SSSR count). The van der Waals surface area contributed by atoms with Gasteiger partial charge in [-0.15, -0.1) is 11.3 Å². The summed E-state index contributed by atoms with van der Waals surface area (Å²) in [6, 6.07) is 14.3. The van der Waals surface area contributed by atoms with Gasteiger partial charge in [-0.2, -0.15) is 0 Å². The van der Waals surface area contributed by atoms with Gasteiger partial charge in [0.25, 0.3) is 0 Å². The maximum atomic E-state index is 13.1. The van der Waals surface area contributed by atoms with Gasteiger partial charge in [0, 0.05) is 24.0 Å². The van der Waals surface area contributed by atoms with E-state index in [1.165, 1.54) is 23.4 Å². The van der Waals surface area contributed by atoms with Gasteiger partial charge in [0.05, 0.1) is 12.8 Å². The van der Waals surface area contributed by atoms with Gasteiger partial charge in [-0.1, -0.05) is 12.1 Å². The van der Waals surface area contributed by atoms with Gasteiger partial charge < -0.3 is 15.0 Å². The molecule has 0 saturated heterocycles. The predicted octanol–water partition coefficient (Wildman–Crippen LogP) is 3.87. The number of methoxy groups -OCH3 is 1. The first-order chi connectivity index (χ1) is 12.7. The molecule has 0 unspecified atom stereocenters. The lowest BCUT2D eigenvalue weighted by molar-refractivity contribution is 0.414. The Bertz CT molecular complexity index is 898. The molecule has 0 aliphatic rings. The number of rotatable bonds is 7.